The zero-order valence-corrected chi connectivity index (χ0v) is 11.0. The molecule has 0 unspecified atom stereocenters. The lowest BCUT2D eigenvalue weighted by molar-refractivity contribution is -0.383. The first kappa shape index (κ1) is 14.3. The van der Waals surface area contributed by atoms with Gasteiger partial charge in [-0.15, -0.1) is 0 Å². The smallest absolute Gasteiger partial charge is 0.292 e. The highest BCUT2D eigenvalue weighted by Crippen LogP contribution is 2.28. The van der Waals surface area contributed by atoms with Crippen LogP contribution in [0.5, 0.6) is 0 Å². The van der Waals surface area contributed by atoms with E-state index in [1.807, 2.05) is 0 Å². The van der Waals surface area contributed by atoms with E-state index in [-0.39, 0.29) is 17.3 Å². The average Bonchev–Trinajstić information content (AvgIpc) is 3.21. The zero-order chi connectivity index (χ0) is 14.5. The van der Waals surface area contributed by atoms with Crippen molar-refractivity contribution >= 4 is 17.3 Å². The Hall–Kier alpha value is -2.15. The number of ether oxygens (including phenoxy) is 1. The Morgan fingerprint density at radius 1 is 1.50 bits per heavy atom. The number of anilines is 1. The van der Waals surface area contributed by atoms with Crippen LogP contribution in [0.25, 0.3) is 0 Å². The average molecular weight is 279 g/mol. The maximum atomic E-state index is 11.8. The van der Waals surface area contributed by atoms with Gasteiger partial charge in [0.05, 0.1) is 11.5 Å². The normalized spacial score (nSPS) is 14.0. The molecule has 0 bridgehead atoms. The minimum Gasteiger partial charge on any atom is -0.393 e. The van der Waals surface area contributed by atoms with Crippen molar-refractivity contribution in [2.75, 3.05) is 25.5 Å². The number of nitro groups is 1. The topological polar surface area (TPSA) is 107 Å². The number of hydrogen-bond acceptors (Lipinski definition) is 5. The van der Waals surface area contributed by atoms with Crippen molar-refractivity contribution in [1.29, 1.82) is 0 Å². The predicted octanol–water partition coefficient (Wildman–Crippen LogP) is 1.33. The Kier molecular flexibility index (Phi) is 4.52. The summed E-state index contributed by atoms with van der Waals surface area (Å²) in [6.07, 6.45) is 2.46. The molecule has 1 amide bonds. The van der Waals surface area contributed by atoms with E-state index < -0.39 is 4.92 Å². The van der Waals surface area contributed by atoms with Crippen molar-refractivity contribution in [3.8, 4) is 0 Å². The fourth-order valence-corrected chi connectivity index (χ4v) is 1.74. The van der Waals surface area contributed by atoms with E-state index in [1.54, 1.807) is 0 Å². The molecule has 3 N–H and O–H groups in total. The van der Waals surface area contributed by atoms with Gasteiger partial charge in [0.2, 0.25) is 0 Å². The maximum Gasteiger partial charge on any atom is 0.292 e. The van der Waals surface area contributed by atoms with E-state index in [9.17, 15) is 14.9 Å². The second kappa shape index (κ2) is 6.33. The van der Waals surface area contributed by atoms with Gasteiger partial charge in [0, 0.05) is 24.8 Å². The fraction of sp³-hybridized carbons (Fsp3) is 0.462. The Labute approximate surface area is 116 Å². The monoisotopic (exact) mass is 279 g/mol. The van der Waals surface area contributed by atoms with Gasteiger partial charge in [0.1, 0.15) is 5.69 Å². The fourth-order valence-electron chi connectivity index (χ4n) is 1.74. The molecule has 108 valence electrons. The molecule has 0 radical (unpaired) electrons. The first-order valence-corrected chi connectivity index (χ1v) is 6.48. The lowest BCUT2D eigenvalue weighted by Crippen LogP contribution is -2.27. The van der Waals surface area contributed by atoms with Gasteiger partial charge in [-0.05, 0) is 30.9 Å². The number of nitrogens with two attached hydrogens (primary N) is 1. The lowest BCUT2D eigenvalue weighted by atomic mass is 10.1. The number of carbonyl (C=O) groups is 1. The van der Waals surface area contributed by atoms with Crippen molar-refractivity contribution in [3.63, 3.8) is 0 Å². The third-order valence-corrected chi connectivity index (χ3v) is 3.07. The molecule has 20 heavy (non-hydrogen) atoms. The molecule has 1 fully saturated rings. The number of hydrogen-bond donors (Lipinski definition) is 2. The summed E-state index contributed by atoms with van der Waals surface area (Å²) in [6, 6.07) is 3.92. The number of rotatable bonds is 7. The molecular formula is C13H17N3O4. The summed E-state index contributed by atoms with van der Waals surface area (Å²) in [5.41, 5.74) is 5.61. The summed E-state index contributed by atoms with van der Waals surface area (Å²) < 4.78 is 5.39. The molecule has 0 atom stereocenters. The Morgan fingerprint density at radius 3 is 2.85 bits per heavy atom. The summed E-state index contributed by atoms with van der Waals surface area (Å²) in [7, 11) is 0. The van der Waals surface area contributed by atoms with Crippen LogP contribution in [-0.4, -0.2) is 30.6 Å². The van der Waals surface area contributed by atoms with E-state index in [0.29, 0.717) is 24.6 Å². The van der Waals surface area contributed by atoms with Crippen LogP contribution in [-0.2, 0) is 4.74 Å². The van der Waals surface area contributed by atoms with Crippen LogP contribution in [0.2, 0.25) is 0 Å². The van der Waals surface area contributed by atoms with Crippen molar-refractivity contribution in [2.24, 2.45) is 5.92 Å². The van der Waals surface area contributed by atoms with Crippen molar-refractivity contribution in [2.45, 2.75) is 12.8 Å². The van der Waals surface area contributed by atoms with Crippen LogP contribution in [0.1, 0.15) is 23.2 Å². The van der Waals surface area contributed by atoms with Crippen LogP contribution in [0.15, 0.2) is 18.2 Å². The van der Waals surface area contributed by atoms with Crippen molar-refractivity contribution in [1.82, 2.24) is 5.32 Å². The highest BCUT2D eigenvalue weighted by atomic mass is 16.6. The second-order valence-corrected chi connectivity index (χ2v) is 4.80. The van der Waals surface area contributed by atoms with E-state index >= 15 is 0 Å². The predicted molar refractivity (Wildman–Crippen MR) is 73.4 cm³/mol. The summed E-state index contributed by atoms with van der Waals surface area (Å²) in [5, 5.41) is 13.3. The minimum absolute atomic E-state index is 0.0207. The summed E-state index contributed by atoms with van der Waals surface area (Å²) in [5.74, 6) is 0.377. The lowest BCUT2D eigenvalue weighted by Gasteiger charge is -2.06. The summed E-state index contributed by atoms with van der Waals surface area (Å²) in [6.45, 7) is 1.62. The van der Waals surface area contributed by atoms with Crippen LogP contribution < -0.4 is 11.1 Å². The van der Waals surface area contributed by atoms with Gasteiger partial charge in [-0.2, -0.15) is 0 Å². The molecule has 7 nitrogen and oxygen atoms in total. The molecular weight excluding hydrogens is 262 g/mol. The third kappa shape index (κ3) is 3.92. The van der Waals surface area contributed by atoms with E-state index in [2.05, 4.69) is 5.32 Å². The molecule has 1 aromatic rings. The SMILES string of the molecule is Nc1cc(C(=O)NCCOCC2CC2)ccc1[N+](=O)[O-]. The standard InChI is InChI=1S/C13H17N3O4/c14-11-7-10(3-4-12(11)16(18)19)13(17)15-5-6-20-8-9-1-2-9/h3-4,7,9H,1-2,5-6,8,14H2,(H,15,17). The van der Waals surface area contributed by atoms with Crippen LogP contribution >= 0.6 is 0 Å². The van der Waals surface area contributed by atoms with Crippen molar-refractivity contribution in [3.05, 3.63) is 33.9 Å². The summed E-state index contributed by atoms with van der Waals surface area (Å²) >= 11 is 0. The number of nitro benzene ring substituents is 1. The van der Waals surface area contributed by atoms with E-state index in [0.717, 1.165) is 6.61 Å². The highest BCUT2D eigenvalue weighted by molar-refractivity contribution is 5.95. The van der Waals surface area contributed by atoms with Gasteiger partial charge in [0.15, 0.2) is 0 Å². The molecule has 1 aliphatic carbocycles. The number of nitrogens with zero attached hydrogens (tertiary/aromatic N) is 1. The van der Waals surface area contributed by atoms with Crippen LogP contribution in [0.4, 0.5) is 11.4 Å². The Bertz CT molecular complexity index is 514. The van der Waals surface area contributed by atoms with Crippen LogP contribution in [0, 0.1) is 16.0 Å². The Morgan fingerprint density at radius 2 is 2.25 bits per heavy atom. The number of nitrogens with one attached hydrogen (secondary N) is 1. The van der Waals surface area contributed by atoms with Gasteiger partial charge >= 0.3 is 0 Å². The first-order valence-electron chi connectivity index (χ1n) is 6.48. The number of benzene rings is 1. The van der Waals surface area contributed by atoms with Gasteiger partial charge in [-0.25, -0.2) is 0 Å². The summed E-state index contributed by atoms with van der Waals surface area (Å²) in [4.78, 5) is 21.8. The van der Waals surface area contributed by atoms with Gasteiger partial charge in [-0.1, -0.05) is 0 Å². The van der Waals surface area contributed by atoms with Crippen molar-refractivity contribution < 1.29 is 14.5 Å². The zero-order valence-electron chi connectivity index (χ0n) is 11.0. The molecule has 2 rings (SSSR count). The Balaban J connectivity index is 1.79. The third-order valence-electron chi connectivity index (χ3n) is 3.07. The molecule has 0 spiro atoms. The molecule has 0 saturated heterocycles. The van der Waals surface area contributed by atoms with Gasteiger partial charge in [-0.3, -0.25) is 14.9 Å². The maximum absolute atomic E-state index is 11.8. The molecule has 1 aliphatic rings. The van der Waals surface area contributed by atoms with Crippen LogP contribution in [0.3, 0.4) is 0 Å². The molecule has 1 aromatic carbocycles. The molecule has 0 aliphatic heterocycles. The van der Waals surface area contributed by atoms with Gasteiger partial charge in [0.25, 0.3) is 11.6 Å². The number of nitrogen functional groups attached to an aromatic ring is 1. The minimum atomic E-state index is -0.581. The molecule has 0 heterocycles. The molecule has 1 saturated carbocycles. The molecule has 7 heteroatoms. The molecule has 0 aromatic heterocycles. The second-order valence-electron chi connectivity index (χ2n) is 4.80. The quantitative estimate of drug-likeness (QED) is 0.339. The van der Waals surface area contributed by atoms with E-state index in [1.165, 1.54) is 31.0 Å². The first-order chi connectivity index (χ1) is 9.58. The largest absolute Gasteiger partial charge is 0.393 e. The highest BCUT2D eigenvalue weighted by Gasteiger charge is 2.21. The number of amides is 1. The van der Waals surface area contributed by atoms with E-state index in [4.69, 9.17) is 10.5 Å². The van der Waals surface area contributed by atoms with Gasteiger partial charge < -0.3 is 15.8 Å². The number of carbonyl (C=O) groups excluding carboxylic acids is 1.